The Bertz CT molecular complexity index is 1670. The van der Waals surface area contributed by atoms with Gasteiger partial charge in [-0.05, 0) is 59.7 Å². The van der Waals surface area contributed by atoms with Gasteiger partial charge in [0.1, 0.15) is 22.7 Å². The van der Waals surface area contributed by atoms with Crippen LogP contribution in [0.3, 0.4) is 0 Å². The summed E-state index contributed by atoms with van der Waals surface area (Å²) in [5.74, 6) is 0.712. The molecule has 8 nitrogen and oxygen atoms in total. The second-order valence-electron chi connectivity index (χ2n) is 7.71. The average Bonchev–Trinajstić information content (AvgIpc) is 2.87. The molecule has 1 amide bonds. The van der Waals surface area contributed by atoms with E-state index >= 15 is 0 Å². The van der Waals surface area contributed by atoms with Crippen LogP contribution in [0.25, 0.3) is 33.1 Å². The summed E-state index contributed by atoms with van der Waals surface area (Å²) >= 11 is 0. The van der Waals surface area contributed by atoms with Crippen molar-refractivity contribution in [2.24, 2.45) is 0 Å². The lowest BCUT2D eigenvalue weighted by atomic mass is 10.0. The molecule has 2 heterocycles. The fourth-order valence-corrected chi connectivity index (χ4v) is 3.74. The predicted molar refractivity (Wildman–Crippen MR) is 131 cm³/mol. The Morgan fingerprint density at radius 3 is 2.37 bits per heavy atom. The number of ether oxygens (including phenoxy) is 2. The molecule has 1 N–H and O–H groups in total. The molecule has 0 aliphatic rings. The number of rotatable bonds is 6. The molecule has 2 aromatic heterocycles. The molecular formula is C27H19NO7. The highest BCUT2D eigenvalue weighted by Gasteiger charge is 2.11. The SMILES string of the molecule is COc1ccc(-c2cc(=O)oc3cc(OCC(=O)Nc4ccc5oc(=O)ccc5c4)ccc23)cc1. The molecule has 0 atom stereocenters. The van der Waals surface area contributed by atoms with Crippen LogP contribution in [-0.2, 0) is 4.79 Å². The van der Waals surface area contributed by atoms with Crippen molar-refractivity contribution in [3.8, 4) is 22.6 Å². The van der Waals surface area contributed by atoms with E-state index in [4.69, 9.17) is 18.3 Å². The van der Waals surface area contributed by atoms with Gasteiger partial charge in [-0.2, -0.15) is 0 Å². The number of carbonyl (C=O) groups is 1. The van der Waals surface area contributed by atoms with Crippen LogP contribution >= 0.6 is 0 Å². The summed E-state index contributed by atoms with van der Waals surface area (Å²) in [5.41, 5.74) is 1.93. The van der Waals surface area contributed by atoms with Gasteiger partial charge in [0.2, 0.25) is 0 Å². The molecular weight excluding hydrogens is 450 g/mol. The summed E-state index contributed by atoms with van der Waals surface area (Å²) in [7, 11) is 1.59. The van der Waals surface area contributed by atoms with E-state index in [1.54, 1.807) is 49.6 Å². The molecule has 0 aliphatic carbocycles. The van der Waals surface area contributed by atoms with Crippen molar-refractivity contribution >= 4 is 33.5 Å². The Labute approximate surface area is 198 Å². The quantitative estimate of drug-likeness (QED) is 0.362. The number of hydrogen-bond acceptors (Lipinski definition) is 7. The van der Waals surface area contributed by atoms with Gasteiger partial charge < -0.3 is 23.6 Å². The van der Waals surface area contributed by atoms with E-state index in [9.17, 15) is 14.4 Å². The van der Waals surface area contributed by atoms with E-state index in [-0.39, 0.29) is 12.5 Å². The van der Waals surface area contributed by atoms with Crippen LogP contribution in [0, 0.1) is 0 Å². The minimum Gasteiger partial charge on any atom is -0.497 e. The summed E-state index contributed by atoms with van der Waals surface area (Å²) < 4.78 is 21.3. The first-order valence-corrected chi connectivity index (χ1v) is 10.7. The van der Waals surface area contributed by atoms with Crippen LogP contribution < -0.4 is 26.0 Å². The summed E-state index contributed by atoms with van der Waals surface area (Å²) in [6, 6.07) is 21.7. The molecule has 0 radical (unpaired) electrons. The number of carbonyl (C=O) groups excluding carboxylic acids is 1. The molecule has 0 spiro atoms. The molecule has 35 heavy (non-hydrogen) atoms. The minimum atomic E-state index is -0.495. The second-order valence-corrected chi connectivity index (χ2v) is 7.71. The topological polar surface area (TPSA) is 108 Å². The highest BCUT2D eigenvalue weighted by atomic mass is 16.5. The maximum absolute atomic E-state index is 12.4. The number of anilines is 1. The first-order valence-electron chi connectivity index (χ1n) is 10.7. The number of methoxy groups -OCH3 is 1. The molecule has 0 unspecified atom stereocenters. The third kappa shape index (κ3) is 4.77. The largest absolute Gasteiger partial charge is 0.497 e. The zero-order valence-corrected chi connectivity index (χ0v) is 18.6. The number of benzene rings is 3. The standard InChI is InChI=1S/C27H19NO7/c1-32-19-6-2-16(3-7-19)22-14-27(31)35-24-13-20(8-9-21(22)24)33-15-25(29)28-18-5-10-23-17(12-18)4-11-26(30)34-23/h2-14H,15H2,1H3,(H,28,29). The molecule has 0 bridgehead atoms. The molecule has 174 valence electrons. The predicted octanol–water partition coefficient (Wildman–Crippen LogP) is 4.59. The van der Waals surface area contributed by atoms with Crippen LogP contribution in [0.5, 0.6) is 11.5 Å². The van der Waals surface area contributed by atoms with Gasteiger partial charge in [0.15, 0.2) is 6.61 Å². The smallest absolute Gasteiger partial charge is 0.336 e. The van der Waals surface area contributed by atoms with Gasteiger partial charge in [-0.1, -0.05) is 12.1 Å². The molecule has 5 rings (SSSR count). The van der Waals surface area contributed by atoms with E-state index < -0.39 is 11.3 Å². The first kappa shape index (κ1) is 22.0. The van der Waals surface area contributed by atoms with Crippen molar-refractivity contribution in [3.05, 3.63) is 99.7 Å². The molecule has 0 aliphatic heterocycles. The average molecular weight is 469 g/mol. The Morgan fingerprint density at radius 1 is 0.800 bits per heavy atom. The number of amides is 1. The van der Waals surface area contributed by atoms with Crippen LogP contribution in [0.2, 0.25) is 0 Å². The Hall–Kier alpha value is -4.85. The number of fused-ring (bicyclic) bond motifs is 2. The van der Waals surface area contributed by atoms with Crippen molar-refractivity contribution in [2.45, 2.75) is 0 Å². The normalized spacial score (nSPS) is 10.9. The van der Waals surface area contributed by atoms with Crippen LogP contribution in [-0.4, -0.2) is 19.6 Å². The van der Waals surface area contributed by atoms with Crippen LogP contribution in [0.1, 0.15) is 0 Å². The van der Waals surface area contributed by atoms with E-state index in [0.29, 0.717) is 33.7 Å². The highest BCUT2D eigenvalue weighted by Crippen LogP contribution is 2.30. The van der Waals surface area contributed by atoms with Crippen LogP contribution in [0.4, 0.5) is 5.69 Å². The summed E-state index contributed by atoms with van der Waals surface area (Å²) in [5, 5.41) is 4.15. The second kappa shape index (κ2) is 9.18. The van der Waals surface area contributed by atoms with Crippen molar-refractivity contribution in [3.63, 3.8) is 0 Å². The summed E-state index contributed by atoms with van der Waals surface area (Å²) in [6.45, 7) is -0.254. The Kier molecular flexibility index (Phi) is 5.76. The lowest BCUT2D eigenvalue weighted by Crippen LogP contribution is -2.20. The van der Waals surface area contributed by atoms with E-state index in [1.165, 1.54) is 12.1 Å². The van der Waals surface area contributed by atoms with Gasteiger partial charge in [0.05, 0.1) is 7.11 Å². The molecule has 0 saturated heterocycles. The van der Waals surface area contributed by atoms with E-state index in [1.807, 2.05) is 24.3 Å². The maximum atomic E-state index is 12.4. The van der Waals surface area contributed by atoms with Gasteiger partial charge in [-0.15, -0.1) is 0 Å². The van der Waals surface area contributed by atoms with Crippen molar-refractivity contribution < 1.29 is 23.1 Å². The van der Waals surface area contributed by atoms with Gasteiger partial charge >= 0.3 is 11.3 Å². The molecule has 0 saturated carbocycles. The first-order chi connectivity index (χ1) is 17.0. The van der Waals surface area contributed by atoms with Gasteiger partial charge in [0, 0.05) is 34.7 Å². The van der Waals surface area contributed by atoms with Crippen LogP contribution in [0.15, 0.2) is 97.3 Å². The third-order valence-corrected chi connectivity index (χ3v) is 5.39. The molecule has 3 aromatic carbocycles. The van der Waals surface area contributed by atoms with Gasteiger partial charge in [-0.3, -0.25) is 4.79 Å². The Balaban J connectivity index is 1.32. The summed E-state index contributed by atoms with van der Waals surface area (Å²) in [4.78, 5) is 35.9. The fourth-order valence-electron chi connectivity index (χ4n) is 3.74. The van der Waals surface area contributed by atoms with Crippen molar-refractivity contribution in [1.82, 2.24) is 0 Å². The highest BCUT2D eigenvalue weighted by molar-refractivity contribution is 5.95. The fraction of sp³-hybridized carbons (Fsp3) is 0.0741. The van der Waals surface area contributed by atoms with Crippen molar-refractivity contribution in [1.29, 1.82) is 0 Å². The third-order valence-electron chi connectivity index (χ3n) is 5.39. The van der Waals surface area contributed by atoms with Gasteiger partial charge in [-0.25, -0.2) is 9.59 Å². The van der Waals surface area contributed by atoms with Crippen molar-refractivity contribution in [2.75, 3.05) is 19.0 Å². The monoisotopic (exact) mass is 469 g/mol. The lowest BCUT2D eigenvalue weighted by molar-refractivity contribution is -0.118. The molecule has 8 heteroatoms. The molecule has 5 aromatic rings. The zero-order chi connectivity index (χ0) is 24.4. The Morgan fingerprint density at radius 2 is 1.57 bits per heavy atom. The van der Waals surface area contributed by atoms with E-state index in [0.717, 1.165) is 16.5 Å². The zero-order valence-electron chi connectivity index (χ0n) is 18.6. The number of nitrogens with one attached hydrogen (secondary N) is 1. The minimum absolute atomic E-state index is 0.254. The number of hydrogen-bond donors (Lipinski definition) is 1. The molecule has 0 fully saturated rings. The van der Waals surface area contributed by atoms with Gasteiger partial charge in [0.25, 0.3) is 5.91 Å². The summed E-state index contributed by atoms with van der Waals surface area (Å²) in [6.07, 6.45) is 0. The van der Waals surface area contributed by atoms with E-state index in [2.05, 4.69) is 5.32 Å². The maximum Gasteiger partial charge on any atom is 0.336 e. The lowest BCUT2D eigenvalue weighted by Gasteiger charge is -2.10.